The topological polar surface area (TPSA) is 15.3 Å². The van der Waals surface area contributed by atoms with E-state index in [4.69, 9.17) is 0 Å². The van der Waals surface area contributed by atoms with Gasteiger partial charge >= 0.3 is 0 Å². The van der Waals surface area contributed by atoms with Gasteiger partial charge in [0.2, 0.25) is 0 Å². The van der Waals surface area contributed by atoms with E-state index in [1.165, 1.54) is 6.07 Å². The van der Waals surface area contributed by atoms with Crippen LogP contribution in [0.4, 0.5) is 14.5 Å². The summed E-state index contributed by atoms with van der Waals surface area (Å²) in [5, 5.41) is 3.55. The van der Waals surface area contributed by atoms with Crippen molar-refractivity contribution in [1.82, 2.24) is 5.32 Å². The van der Waals surface area contributed by atoms with Crippen LogP contribution in [-0.4, -0.2) is 25.2 Å². The fourth-order valence-corrected chi connectivity index (χ4v) is 2.86. The summed E-state index contributed by atoms with van der Waals surface area (Å²) in [6, 6.07) is 4.98. The lowest BCUT2D eigenvalue weighted by atomic mass is 9.94. The van der Waals surface area contributed by atoms with Crippen molar-refractivity contribution in [1.29, 1.82) is 0 Å². The molecule has 1 aromatic carbocycles. The first-order valence-corrected chi connectivity index (χ1v) is 7.52. The number of rotatable bonds is 4. The summed E-state index contributed by atoms with van der Waals surface area (Å²) in [5.74, 6) is -0.973. The van der Waals surface area contributed by atoms with E-state index in [1.54, 1.807) is 12.1 Å². The Hall–Kier alpha value is -1.16. The van der Waals surface area contributed by atoms with Crippen molar-refractivity contribution in [2.45, 2.75) is 45.7 Å². The number of anilines is 1. The summed E-state index contributed by atoms with van der Waals surface area (Å²) in [4.78, 5) is 2.03. The Kier molecular flexibility index (Phi) is 4.97. The summed E-state index contributed by atoms with van der Waals surface area (Å²) in [5.41, 5.74) is 0.395. The molecule has 0 amide bonds. The lowest BCUT2D eigenvalue weighted by Gasteiger charge is -2.43. The van der Waals surface area contributed by atoms with E-state index in [9.17, 15) is 8.78 Å². The van der Waals surface area contributed by atoms with E-state index >= 15 is 0 Å². The fourth-order valence-electron chi connectivity index (χ4n) is 2.86. The largest absolute Gasteiger partial charge is 0.363 e. The van der Waals surface area contributed by atoms with Crippen molar-refractivity contribution in [3.63, 3.8) is 0 Å². The second kappa shape index (κ2) is 6.53. The summed E-state index contributed by atoms with van der Waals surface area (Å²) in [7, 11) is 0. The van der Waals surface area contributed by atoms with Crippen molar-refractivity contribution in [2.75, 3.05) is 18.0 Å². The van der Waals surface area contributed by atoms with Crippen LogP contribution >= 0.6 is 0 Å². The number of benzene rings is 1. The van der Waals surface area contributed by atoms with Gasteiger partial charge in [0.15, 0.2) is 11.6 Å². The molecular weight excluding hydrogens is 258 g/mol. The molecule has 4 heteroatoms. The molecule has 0 saturated carbocycles. The quantitative estimate of drug-likeness (QED) is 0.908. The highest BCUT2D eigenvalue weighted by Crippen LogP contribution is 2.27. The first kappa shape index (κ1) is 15.2. The zero-order valence-corrected chi connectivity index (χ0v) is 12.5. The third kappa shape index (κ3) is 2.95. The van der Waals surface area contributed by atoms with Crippen molar-refractivity contribution in [2.24, 2.45) is 5.92 Å². The van der Waals surface area contributed by atoms with Crippen LogP contribution in [0.5, 0.6) is 0 Å². The van der Waals surface area contributed by atoms with Gasteiger partial charge in [-0.2, -0.15) is 0 Å². The van der Waals surface area contributed by atoms with E-state index in [2.05, 4.69) is 26.1 Å². The predicted molar refractivity (Wildman–Crippen MR) is 79.0 cm³/mol. The minimum atomic E-state index is -0.768. The summed E-state index contributed by atoms with van der Waals surface area (Å²) < 4.78 is 27.5. The molecule has 3 unspecified atom stereocenters. The number of piperazine rings is 1. The van der Waals surface area contributed by atoms with E-state index in [0.29, 0.717) is 17.6 Å². The van der Waals surface area contributed by atoms with Crippen LogP contribution in [0, 0.1) is 17.6 Å². The summed E-state index contributed by atoms with van der Waals surface area (Å²) in [6.45, 7) is 7.99. The van der Waals surface area contributed by atoms with Gasteiger partial charge in [0, 0.05) is 25.2 Å². The van der Waals surface area contributed by atoms with E-state index < -0.39 is 11.6 Å². The van der Waals surface area contributed by atoms with Crippen molar-refractivity contribution in [3.8, 4) is 0 Å². The van der Waals surface area contributed by atoms with Crippen LogP contribution in [0.3, 0.4) is 0 Å². The number of nitrogens with zero attached hydrogens (tertiary/aromatic N) is 1. The van der Waals surface area contributed by atoms with Gasteiger partial charge in [-0.1, -0.05) is 33.3 Å². The molecule has 1 heterocycles. The first-order chi connectivity index (χ1) is 9.58. The Morgan fingerprint density at radius 1 is 1.35 bits per heavy atom. The molecule has 1 aromatic rings. The van der Waals surface area contributed by atoms with E-state index in [0.717, 1.165) is 25.9 Å². The molecule has 1 saturated heterocycles. The standard InChI is InChI=1S/C16H24F2N2/c1-4-11(3)14-10-20(12(5-2)9-19-14)15-8-6-7-13(17)16(15)18/h6-8,11-12,14,19H,4-5,9-10H2,1-3H3. The molecule has 1 aliphatic heterocycles. The molecule has 0 spiro atoms. The lowest BCUT2D eigenvalue weighted by molar-refractivity contribution is 0.304. The van der Waals surface area contributed by atoms with Gasteiger partial charge in [-0.05, 0) is 24.5 Å². The smallest absolute Gasteiger partial charge is 0.182 e. The third-order valence-electron chi connectivity index (χ3n) is 4.49. The minimum Gasteiger partial charge on any atom is -0.363 e. The number of halogens is 2. The van der Waals surface area contributed by atoms with Crippen LogP contribution in [0.1, 0.15) is 33.6 Å². The molecule has 112 valence electrons. The third-order valence-corrected chi connectivity index (χ3v) is 4.49. The molecule has 20 heavy (non-hydrogen) atoms. The molecule has 0 radical (unpaired) electrons. The van der Waals surface area contributed by atoms with Crippen LogP contribution in [0.25, 0.3) is 0 Å². The van der Waals surface area contributed by atoms with Gasteiger partial charge in [0.25, 0.3) is 0 Å². The Morgan fingerprint density at radius 2 is 2.10 bits per heavy atom. The van der Waals surface area contributed by atoms with Crippen LogP contribution in [0.15, 0.2) is 18.2 Å². The van der Waals surface area contributed by atoms with Crippen molar-refractivity contribution in [3.05, 3.63) is 29.8 Å². The van der Waals surface area contributed by atoms with Gasteiger partial charge in [-0.15, -0.1) is 0 Å². The van der Waals surface area contributed by atoms with Crippen LogP contribution in [0.2, 0.25) is 0 Å². The Balaban J connectivity index is 2.27. The van der Waals surface area contributed by atoms with E-state index in [1.807, 2.05) is 4.90 Å². The Bertz CT molecular complexity index is 450. The maximum atomic E-state index is 14.1. The maximum absolute atomic E-state index is 14.1. The lowest BCUT2D eigenvalue weighted by Crippen LogP contribution is -2.58. The zero-order chi connectivity index (χ0) is 14.7. The highest BCUT2D eigenvalue weighted by atomic mass is 19.2. The molecule has 1 N–H and O–H groups in total. The van der Waals surface area contributed by atoms with Crippen molar-refractivity contribution < 1.29 is 8.78 Å². The van der Waals surface area contributed by atoms with Gasteiger partial charge < -0.3 is 10.2 Å². The number of nitrogens with one attached hydrogen (secondary N) is 1. The predicted octanol–water partition coefficient (Wildman–Crippen LogP) is 3.57. The summed E-state index contributed by atoms with van der Waals surface area (Å²) >= 11 is 0. The summed E-state index contributed by atoms with van der Waals surface area (Å²) in [6.07, 6.45) is 1.99. The minimum absolute atomic E-state index is 0.214. The molecule has 0 aliphatic carbocycles. The SMILES string of the molecule is CCC(C)C1CN(c2cccc(F)c2F)C(CC)CN1. The second-order valence-corrected chi connectivity index (χ2v) is 5.69. The molecule has 2 nitrogen and oxygen atoms in total. The Labute approximate surface area is 120 Å². The van der Waals surface area contributed by atoms with Crippen molar-refractivity contribution >= 4 is 5.69 Å². The highest BCUT2D eigenvalue weighted by Gasteiger charge is 2.31. The zero-order valence-electron chi connectivity index (χ0n) is 12.5. The molecular formula is C16H24F2N2. The molecule has 0 aromatic heterocycles. The van der Waals surface area contributed by atoms with E-state index in [-0.39, 0.29) is 6.04 Å². The number of hydrogen-bond donors (Lipinski definition) is 1. The molecule has 2 rings (SSSR count). The highest BCUT2D eigenvalue weighted by molar-refractivity contribution is 5.50. The monoisotopic (exact) mass is 282 g/mol. The molecule has 3 atom stereocenters. The second-order valence-electron chi connectivity index (χ2n) is 5.69. The van der Waals surface area contributed by atoms with Gasteiger partial charge in [0.05, 0.1) is 5.69 Å². The van der Waals surface area contributed by atoms with Gasteiger partial charge in [0.1, 0.15) is 0 Å². The fraction of sp³-hybridized carbons (Fsp3) is 0.625. The Morgan fingerprint density at radius 3 is 2.75 bits per heavy atom. The van der Waals surface area contributed by atoms with Crippen LogP contribution in [-0.2, 0) is 0 Å². The van der Waals surface area contributed by atoms with Gasteiger partial charge in [-0.3, -0.25) is 0 Å². The molecule has 0 bridgehead atoms. The number of hydrogen-bond acceptors (Lipinski definition) is 2. The maximum Gasteiger partial charge on any atom is 0.182 e. The van der Waals surface area contributed by atoms with Crippen LogP contribution < -0.4 is 10.2 Å². The van der Waals surface area contributed by atoms with Gasteiger partial charge in [-0.25, -0.2) is 8.78 Å². The normalized spacial score (nSPS) is 24.8. The average Bonchev–Trinajstić information content (AvgIpc) is 2.48. The average molecular weight is 282 g/mol. The molecule has 1 aliphatic rings. The molecule has 1 fully saturated rings. The first-order valence-electron chi connectivity index (χ1n) is 7.52.